The van der Waals surface area contributed by atoms with Crippen LogP contribution in [0.3, 0.4) is 0 Å². The molecule has 1 atom stereocenters. The second kappa shape index (κ2) is 4.74. The highest BCUT2D eigenvalue weighted by Gasteiger charge is 2.66. The Labute approximate surface area is 123 Å². The van der Waals surface area contributed by atoms with Gasteiger partial charge in [0.25, 0.3) is 0 Å². The van der Waals surface area contributed by atoms with Crippen molar-refractivity contribution in [2.24, 2.45) is 10.5 Å². The molecule has 6 heteroatoms. The van der Waals surface area contributed by atoms with Gasteiger partial charge in [0, 0.05) is 18.0 Å². The molecule has 0 aliphatic heterocycles. The van der Waals surface area contributed by atoms with Gasteiger partial charge in [0.15, 0.2) is 0 Å². The summed E-state index contributed by atoms with van der Waals surface area (Å²) in [5.41, 5.74) is 3.77. The number of nitrogens with one attached hydrogen (secondary N) is 1. The predicted octanol–water partition coefficient (Wildman–Crippen LogP) is 2.82. The van der Waals surface area contributed by atoms with E-state index >= 15 is 0 Å². The van der Waals surface area contributed by atoms with Crippen molar-refractivity contribution in [3.05, 3.63) is 30.1 Å². The Morgan fingerprint density at radius 2 is 2.22 bits per heavy atom. The number of hydrogen-bond acceptors (Lipinski definition) is 3. The van der Waals surface area contributed by atoms with Crippen molar-refractivity contribution in [1.82, 2.24) is 10.4 Å². The van der Waals surface area contributed by atoms with E-state index in [9.17, 15) is 4.79 Å². The second-order valence-electron chi connectivity index (χ2n) is 4.59. The summed E-state index contributed by atoms with van der Waals surface area (Å²) in [6, 6.07) is 3.73. The highest BCUT2D eigenvalue weighted by molar-refractivity contribution is 9.25. The molecule has 18 heavy (non-hydrogen) atoms. The molecule has 0 bridgehead atoms. The fraction of sp³-hybridized carbons (Fsp3) is 0.417. The lowest BCUT2D eigenvalue weighted by atomic mass is 10.1. The summed E-state index contributed by atoms with van der Waals surface area (Å²) in [7, 11) is 0. The van der Waals surface area contributed by atoms with E-state index in [1.54, 1.807) is 12.4 Å². The van der Waals surface area contributed by atoms with Crippen molar-refractivity contribution in [2.75, 3.05) is 0 Å². The third kappa shape index (κ3) is 2.49. The van der Waals surface area contributed by atoms with Gasteiger partial charge in [-0.05, 0) is 26.3 Å². The molecule has 4 nitrogen and oxygen atoms in total. The number of pyridine rings is 1. The molecule has 1 aliphatic rings. The largest absolute Gasteiger partial charge is 0.272 e. The fourth-order valence-corrected chi connectivity index (χ4v) is 3.03. The van der Waals surface area contributed by atoms with Gasteiger partial charge >= 0.3 is 0 Å². The van der Waals surface area contributed by atoms with Crippen LogP contribution >= 0.6 is 31.9 Å². The maximum absolute atomic E-state index is 12.0. The van der Waals surface area contributed by atoms with Crippen molar-refractivity contribution < 1.29 is 4.79 Å². The van der Waals surface area contributed by atoms with Gasteiger partial charge in [-0.15, -0.1) is 0 Å². The van der Waals surface area contributed by atoms with Gasteiger partial charge in [0.05, 0.1) is 14.4 Å². The van der Waals surface area contributed by atoms with E-state index < -0.39 is 5.41 Å². The van der Waals surface area contributed by atoms with Crippen LogP contribution < -0.4 is 5.43 Å². The average molecular weight is 375 g/mol. The highest BCUT2D eigenvalue weighted by Crippen LogP contribution is 2.66. The number of carbonyl (C=O) groups excluding carboxylic acids is 1. The first-order chi connectivity index (χ1) is 8.37. The minimum absolute atomic E-state index is 0.0977. The molecule has 0 spiro atoms. The zero-order chi connectivity index (χ0) is 13.4. The van der Waals surface area contributed by atoms with Crippen molar-refractivity contribution in [1.29, 1.82) is 0 Å². The van der Waals surface area contributed by atoms with Gasteiger partial charge in [0.2, 0.25) is 5.91 Å². The van der Waals surface area contributed by atoms with Crippen LogP contribution in [0.1, 0.15) is 25.8 Å². The summed E-state index contributed by atoms with van der Waals surface area (Å²) in [4.78, 5) is 16.0. The standard InChI is InChI=1S/C12H13Br2N3O/c1-8(9-4-3-5-15-6-9)16-17-10(18)11(2)7-12(11,13)14/h3-6H,7H2,1-2H3,(H,17,18)/b16-8-/t11-/m1/s1. The Kier molecular flexibility index (Phi) is 3.60. The number of rotatable bonds is 3. The van der Waals surface area contributed by atoms with Gasteiger partial charge in [-0.3, -0.25) is 9.78 Å². The number of nitrogens with zero attached hydrogens (tertiary/aromatic N) is 2. The molecule has 96 valence electrons. The van der Waals surface area contributed by atoms with E-state index in [4.69, 9.17) is 0 Å². The van der Waals surface area contributed by atoms with Gasteiger partial charge < -0.3 is 0 Å². The number of amides is 1. The lowest BCUT2D eigenvalue weighted by Gasteiger charge is -2.10. The molecule has 0 unspecified atom stereocenters. The van der Waals surface area contributed by atoms with Gasteiger partial charge in [-0.1, -0.05) is 37.9 Å². The third-order valence-electron chi connectivity index (χ3n) is 3.16. The molecular weight excluding hydrogens is 362 g/mol. The molecule has 1 heterocycles. The molecule has 2 rings (SSSR count). The summed E-state index contributed by atoms with van der Waals surface area (Å²) in [5, 5.41) is 4.10. The van der Waals surface area contributed by atoms with E-state index in [1.807, 2.05) is 26.0 Å². The van der Waals surface area contributed by atoms with Crippen LogP contribution in [0.5, 0.6) is 0 Å². The lowest BCUT2D eigenvalue weighted by molar-refractivity contribution is -0.125. The predicted molar refractivity (Wildman–Crippen MR) is 77.9 cm³/mol. The Bertz CT molecular complexity index is 501. The molecule has 1 amide bonds. The van der Waals surface area contributed by atoms with Crippen LogP contribution in [0.4, 0.5) is 0 Å². The van der Waals surface area contributed by atoms with Crippen molar-refractivity contribution in [3.8, 4) is 0 Å². The monoisotopic (exact) mass is 373 g/mol. The Morgan fingerprint density at radius 3 is 2.72 bits per heavy atom. The maximum atomic E-state index is 12.0. The molecular formula is C12H13Br2N3O. The summed E-state index contributed by atoms with van der Waals surface area (Å²) in [6.45, 7) is 3.73. The van der Waals surface area contributed by atoms with E-state index in [0.717, 1.165) is 17.7 Å². The van der Waals surface area contributed by atoms with Crippen LogP contribution in [-0.2, 0) is 4.79 Å². The highest BCUT2D eigenvalue weighted by atomic mass is 79.9. The lowest BCUT2D eigenvalue weighted by Crippen LogP contribution is -2.30. The minimum Gasteiger partial charge on any atom is -0.272 e. The van der Waals surface area contributed by atoms with Gasteiger partial charge in [-0.25, -0.2) is 5.43 Å². The quantitative estimate of drug-likeness (QED) is 0.502. The zero-order valence-electron chi connectivity index (χ0n) is 10.1. The number of alkyl halides is 2. The smallest absolute Gasteiger partial charge is 0.248 e. The van der Waals surface area contributed by atoms with Crippen molar-refractivity contribution >= 4 is 43.5 Å². The second-order valence-corrected chi connectivity index (χ2v) is 8.36. The molecule has 0 radical (unpaired) electrons. The Hall–Kier alpha value is -0.750. The zero-order valence-corrected chi connectivity index (χ0v) is 13.2. The van der Waals surface area contributed by atoms with Crippen LogP contribution in [0.2, 0.25) is 0 Å². The van der Waals surface area contributed by atoms with Crippen molar-refractivity contribution in [3.63, 3.8) is 0 Å². The average Bonchev–Trinajstić information content (AvgIpc) is 2.87. The molecule has 1 fully saturated rings. The topological polar surface area (TPSA) is 54.4 Å². The summed E-state index contributed by atoms with van der Waals surface area (Å²) >= 11 is 6.92. The normalized spacial score (nSPS) is 25.7. The van der Waals surface area contributed by atoms with Gasteiger partial charge in [-0.2, -0.15) is 5.10 Å². The molecule has 1 saturated carbocycles. The van der Waals surface area contributed by atoms with E-state index in [0.29, 0.717) is 0 Å². The van der Waals surface area contributed by atoms with E-state index in [2.05, 4.69) is 47.4 Å². The van der Waals surface area contributed by atoms with Crippen LogP contribution in [0.15, 0.2) is 29.6 Å². The molecule has 1 aliphatic carbocycles. The molecule has 1 aromatic rings. The fourth-order valence-electron chi connectivity index (χ4n) is 1.55. The number of aromatic nitrogens is 1. The first-order valence-corrected chi connectivity index (χ1v) is 7.08. The Balaban J connectivity index is 2.02. The number of halogens is 2. The number of hydrazone groups is 1. The van der Waals surface area contributed by atoms with E-state index in [1.165, 1.54) is 0 Å². The van der Waals surface area contributed by atoms with Crippen LogP contribution in [0, 0.1) is 5.41 Å². The van der Waals surface area contributed by atoms with Gasteiger partial charge in [0.1, 0.15) is 0 Å². The molecule has 0 saturated heterocycles. The Morgan fingerprint density at radius 1 is 1.56 bits per heavy atom. The number of hydrogen-bond donors (Lipinski definition) is 1. The first kappa shape index (κ1) is 13.7. The summed E-state index contributed by atoms with van der Waals surface area (Å²) < 4.78 is -0.297. The van der Waals surface area contributed by atoms with Crippen LogP contribution in [0.25, 0.3) is 0 Å². The summed E-state index contributed by atoms with van der Waals surface area (Å²) in [6.07, 6.45) is 4.15. The third-order valence-corrected chi connectivity index (χ3v) is 5.47. The minimum atomic E-state index is -0.453. The number of carbonyl (C=O) groups is 1. The summed E-state index contributed by atoms with van der Waals surface area (Å²) in [5.74, 6) is -0.0977. The van der Waals surface area contributed by atoms with Crippen LogP contribution in [-0.4, -0.2) is 19.8 Å². The first-order valence-electron chi connectivity index (χ1n) is 5.50. The van der Waals surface area contributed by atoms with E-state index in [-0.39, 0.29) is 9.14 Å². The molecule has 1 aromatic heterocycles. The SMILES string of the molecule is C/C(=N/NC(=O)[C@@]1(C)CC1(Br)Br)c1cccnc1. The van der Waals surface area contributed by atoms with Crippen molar-refractivity contribution in [2.45, 2.75) is 23.5 Å². The maximum Gasteiger partial charge on any atom is 0.248 e. The molecule has 0 aromatic carbocycles. The molecule has 1 N–H and O–H groups in total.